The average molecular weight is 650 g/mol. The van der Waals surface area contributed by atoms with E-state index in [-0.39, 0.29) is 36.3 Å². The maximum absolute atomic E-state index is 13.6. The highest BCUT2D eigenvalue weighted by atomic mass is 32.1. The summed E-state index contributed by atoms with van der Waals surface area (Å²) in [6, 6.07) is 8.39. The Balaban J connectivity index is 1.04. The van der Waals surface area contributed by atoms with E-state index in [0.29, 0.717) is 41.8 Å². The fourth-order valence-electron chi connectivity index (χ4n) is 9.44. The first-order chi connectivity index (χ1) is 22.5. The van der Waals surface area contributed by atoms with Crippen molar-refractivity contribution in [2.24, 2.45) is 35.5 Å². The number of carbonyl (C=O) groups is 3. The van der Waals surface area contributed by atoms with Crippen LogP contribution in [0.1, 0.15) is 64.7 Å². The SMILES string of the molecule is CC/C=C/CCOC(=O)OC[N+]1(CC2CCCCC2CN2C(=O)C3C4CCC(C4)C3C2=O)CCN(c2nsc3ccccc23)CC1. The number of nitrogens with zero attached hydrogens (tertiary/aromatic N) is 4. The zero-order valence-corrected chi connectivity index (χ0v) is 28.0. The molecule has 10 heteroatoms. The van der Waals surface area contributed by atoms with Crippen LogP contribution in [0.4, 0.5) is 10.6 Å². The van der Waals surface area contributed by atoms with Gasteiger partial charge in [0.15, 0.2) is 5.82 Å². The van der Waals surface area contributed by atoms with Crippen LogP contribution >= 0.6 is 11.5 Å². The Morgan fingerprint density at radius 1 is 0.978 bits per heavy atom. The summed E-state index contributed by atoms with van der Waals surface area (Å²) in [6.45, 7) is 7.39. The van der Waals surface area contributed by atoms with Crippen molar-refractivity contribution in [3.05, 3.63) is 36.4 Å². The number of piperazine rings is 1. The predicted molar refractivity (Wildman–Crippen MR) is 178 cm³/mol. The van der Waals surface area contributed by atoms with Crippen molar-refractivity contribution in [1.29, 1.82) is 0 Å². The fraction of sp³-hybridized carbons (Fsp3) is 0.667. The van der Waals surface area contributed by atoms with Gasteiger partial charge in [-0.2, -0.15) is 4.37 Å². The van der Waals surface area contributed by atoms with Gasteiger partial charge in [0.05, 0.1) is 55.9 Å². The molecule has 2 aromatic rings. The summed E-state index contributed by atoms with van der Waals surface area (Å²) >= 11 is 1.54. The largest absolute Gasteiger partial charge is 0.512 e. The number of hydrogen-bond donors (Lipinski definition) is 0. The van der Waals surface area contributed by atoms with E-state index in [4.69, 9.17) is 13.8 Å². The molecule has 3 saturated carbocycles. The average Bonchev–Trinajstić information content (AvgIpc) is 3.86. The second kappa shape index (κ2) is 13.6. The van der Waals surface area contributed by atoms with Crippen LogP contribution in [-0.4, -0.2) is 84.3 Å². The molecule has 6 atom stereocenters. The lowest BCUT2D eigenvalue weighted by Gasteiger charge is -2.47. The fourth-order valence-corrected chi connectivity index (χ4v) is 10.2. The van der Waals surface area contributed by atoms with Crippen molar-refractivity contribution in [1.82, 2.24) is 9.27 Å². The highest BCUT2D eigenvalue weighted by Gasteiger charge is 2.61. The smallest absolute Gasteiger partial charge is 0.434 e. The van der Waals surface area contributed by atoms with E-state index in [9.17, 15) is 14.4 Å². The van der Waals surface area contributed by atoms with Gasteiger partial charge < -0.3 is 14.4 Å². The molecular formula is C36H49N4O5S+. The Morgan fingerprint density at radius 2 is 1.70 bits per heavy atom. The van der Waals surface area contributed by atoms with Crippen LogP contribution in [0.25, 0.3) is 10.1 Å². The summed E-state index contributed by atoms with van der Waals surface area (Å²) < 4.78 is 17.9. The Kier molecular flexibility index (Phi) is 9.37. The van der Waals surface area contributed by atoms with E-state index in [1.54, 1.807) is 16.4 Å². The summed E-state index contributed by atoms with van der Waals surface area (Å²) in [5, 5.41) is 1.19. The first kappa shape index (κ1) is 31.6. The third kappa shape index (κ3) is 6.19. The monoisotopic (exact) mass is 649 g/mol. The molecule has 0 N–H and O–H groups in total. The molecule has 2 amide bonds. The van der Waals surface area contributed by atoms with Crippen LogP contribution in [0.2, 0.25) is 0 Å². The van der Waals surface area contributed by atoms with Gasteiger partial charge in [-0.15, -0.1) is 0 Å². The van der Waals surface area contributed by atoms with Gasteiger partial charge in [-0.25, -0.2) is 4.79 Å². The van der Waals surface area contributed by atoms with E-state index in [1.165, 1.54) is 10.1 Å². The van der Waals surface area contributed by atoms with Gasteiger partial charge in [0.1, 0.15) is 0 Å². The molecular weight excluding hydrogens is 600 g/mol. The number of ether oxygens (including phenoxy) is 2. The molecule has 5 fully saturated rings. The lowest BCUT2D eigenvalue weighted by Crippen LogP contribution is -2.63. The van der Waals surface area contributed by atoms with Crippen LogP contribution in [-0.2, 0) is 19.1 Å². The van der Waals surface area contributed by atoms with Crippen molar-refractivity contribution in [2.45, 2.75) is 64.7 Å². The molecule has 9 nitrogen and oxygen atoms in total. The molecule has 1 aromatic carbocycles. The Labute approximate surface area is 276 Å². The van der Waals surface area contributed by atoms with E-state index in [1.807, 2.05) is 6.08 Å². The van der Waals surface area contributed by atoms with Crippen molar-refractivity contribution >= 4 is 45.4 Å². The Morgan fingerprint density at radius 3 is 2.43 bits per heavy atom. The molecule has 3 aliphatic carbocycles. The van der Waals surface area contributed by atoms with E-state index in [0.717, 1.165) is 89.9 Å². The minimum atomic E-state index is -0.607. The van der Waals surface area contributed by atoms with Crippen molar-refractivity contribution in [3.8, 4) is 0 Å². The number of anilines is 1. The lowest BCUT2D eigenvalue weighted by atomic mass is 9.78. The summed E-state index contributed by atoms with van der Waals surface area (Å²) in [7, 11) is 0. The van der Waals surface area contributed by atoms with E-state index in [2.05, 4.69) is 42.2 Å². The normalized spacial score (nSPS) is 30.5. The Bertz CT molecular complexity index is 1420. The molecule has 2 bridgehead atoms. The number of amides is 2. The van der Waals surface area contributed by atoms with Gasteiger partial charge in [-0.3, -0.25) is 19.0 Å². The molecule has 5 aliphatic rings. The third-order valence-electron chi connectivity index (χ3n) is 11.8. The summed E-state index contributed by atoms with van der Waals surface area (Å²) in [5.41, 5.74) is 0. The topological polar surface area (TPSA) is 89.0 Å². The van der Waals surface area contributed by atoms with Crippen molar-refractivity contribution in [3.63, 3.8) is 0 Å². The molecule has 0 spiro atoms. The molecule has 6 unspecified atom stereocenters. The zero-order chi connectivity index (χ0) is 31.7. The number of benzene rings is 1. The minimum absolute atomic E-state index is 0.0570. The molecule has 3 heterocycles. The number of rotatable bonds is 11. The number of quaternary nitrogens is 1. The summed E-state index contributed by atoms with van der Waals surface area (Å²) in [5.74, 6) is 2.62. The zero-order valence-electron chi connectivity index (χ0n) is 27.2. The number of imide groups is 1. The van der Waals surface area contributed by atoms with Gasteiger partial charge in [0.2, 0.25) is 18.5 Å². The number of likely N-dealkylation sites (tertiary alicyclic amines) is 1. The predicted octanol–water partition coefficient (Wildman–Crippen LogP) is 6.24. The van der Waals surface area contributed by atoms with Gasteiger partial charge in [0.25, 0.3) is 0 Å². The third-order valence-corrected chi connectivity index (χ3v) is 12.7. The van der Waals surface area contributed by atoms with Crippen molar-refractivity contribution in [2.75, 3.05) is 57.5 Å². The molecule has 2 saturated heterocycles. The van der Waals surface area contributed by atoms with Gasteiger partial charge in [-0.05, 0) is 86.4 Å². The molecule has 46 heavy (non-hydrogen) atoms. The highest BCUT2D eigenvalue weighted by Crippen LogP contribution is 2.56. The second-order valence-corrected chi connectivity index (χ2v) is 15.3. The molecule has 7 rings (SSSR count). The standard InChI is InChI=1S/C36H49N4O5S/c1-2-3-4-9-20-44-36(43)45-24-40(18-16-38(17-19-40)33-29-12-7-8-13-30(29)46-37-33)23-28-11-6-5-10-27(28)22-39-34(41)31-25-14-15-26(21-25)32(31)35(39)42/h3-4,7-8,12-13,25-28,31-32H,2,5-6,9-11,14-24H2,1H3/q+1/b4-3+. The lowest BCUT2D eigenvalue weighted by molar-refractivity contribution is -0.947. The summed E-state index contributed by atoms with van der Waals surface area (Å²) in [6.07, 6.45) is 12.8. The first-order valence-corrected chi connectivity index (χ1v) is 18.5. The van der Waals surface area contributed by atoms with Gasteiger partial charge in [-0.1, -0.05) is 44.1 Å². The second-order valence-electron chi connectivity index (χ2n) is 14.5. The number of allylic oxidation sites excluding steroid dienone is 1. The van der Waals surface area contributed by atoms with Gasteiger partial charge >= 0.3 is 6.16 Å². The van der Waals surface area contributed by atoms with Crippen molar-refractivity contribution < 1.29 is 28.3 Å². The number of hydrogen-bond acceptors (Lipinski definition) is 8. The Hall–Kier alpha value is -2.98. The quantitative estimate of drug-likeness (QED) is 0.0937. The first-order valence-electron chi connectivity index (χ1n) is 17.7. The molecule has 248 valence electrons. The van der Waals surface area contributed by atoms with E-state index < -0.39 is 6.16 Å². The van der Waals surface area contributed by atoms with E-state index >= 15 is 0 Å². The van der Waals surface area contributed by atoms with Crippen LogP contribution in [0.3, 0.4) is 0 Å². The van der Waals surface area contributed by atoms with Crippen LogP contribution in [0.5, 0.6) is 0 Å². The maximum Gasteiger partial charge on any atom is 0.512 e. The van der Waals surface area contributed by atoms with Gasteiger partial charge in [0, 0.05) is 17.8 Å². The molecule has 0 radical (unpaired) electrons. The molecule has 1 aromatic heterocycles. The summed E-state index contributed by atoms with van der Waals surface area (Å²) in [4.78, 5) is 43.9. The molecule has 2 aliphatic heterocycles. The minimum Gasteiger partial charge on any atom is -0.434 e. The number of fused-ring (bicyclic) bond motifs is 6. The van der Waals surface area contributed by atoms with Crippen LogP contribution in [0.15, 0.2) is 36.4 Å². The maximum atomic E-state index is 13.6. The number of carbonyl (C=O) groups excluding carboxylic acids is 3. The van der Waals surface area contributed by atoms with Crippen LogP contribution in [0, 0.1) is 35.5 Å². The van der Waals surface area contributed by atoms with Crippen LogP contribution < -0.4 is 4.90 Å². The number of aromatic nitrogens is 1. The highest BCUT2D eigenvalue weighted by molar-refractivity contribution is 7.13.